The lowest BCUT2D eigenvalue weighted by Gasteiger charge is -2.44. The Bertz CT molecular complexity index is 6380. The van der Waals surface area contributed by atoms with E-state index in [0.29, 0.717) is 88.9 Å². The molecule has 0 fully saturated rings. The number of alkyl halides is 9. The summed E-state index contributed by atoms with van der Waals surface area (Å²) in [4.78, 5) is 54.3. The third-order valence-corrected chi connectivity index (χ3v) is 41.8. The highest BCUT2D eigenvalue weighted by Crippen LogP contribution is 2.50. The largest absolute Gasteiger partial charge is 0.417 e. The fourth-order valence-electron chi connectivity index (χ4n) is 16.7. The standard InChI is InChI=1S/C31H37Cl2F3N4O4SSi.C31H35Cl2F3N4O4SSi.C20H11Cl2F3N4O3S/c2*1-18(2)46(19(3)4,20(5)6)40-14-12-22-27(25(33)16-38-30(22)40)29(41)28-26(9-8-13-37-28)39(17-44-7)45(42,43)21-10-11-24(32)23(15-21)31(34,35)36;21-13-4-3-10(8-12(13)20(23,24)25)33(31,32)29-15-2-1-6-26-17(15)18(30)16-11-5-7-27-19(11)28-9-14(16)22/h8-16,18-20,29,41H,17H2,1-7H3;8-16,18-20H,17H2,1-7H3;1-9,29H,(H,27,28). The average Bonchev–Trinajstić information content (AvgIpc) is 1.60. The molecule has 0 amide bonds. The zero-order valence-corrected chi connectivity index (χ0v) is 77.9. The van der Waals surface area contributed by atoms with Crippen molar-refractivity contribution in [2.45, 2.75) is 156 Å². The number of nitrogens with zero attached hydrogens (tertiary/aromatic N) is 10. The molecule has 12 rings (SSSR count). The molecule has 0 radical (unpaired) electrons. The lowest BCUT2D eigenvalue weighted by molar-refractivity contribution is -0.138. The van der Waals surface area contributed by atoms with Crippen LogP contribution in [0.5, 0.6) is 0 Å². The Morgan fingerprint density at radius 3 is 1.32 bits per heavy atom. The van der Waals surface area contributed by atoms with E-state index >= 15 is 0 Å². The van der Waals surface area contributed by atoms with E-state index in [1.54, 1.807) is 18.3 Å². The van der Waals surface area contributed by atoms with Crippen molar-refractivity contribution in [3.8, 4) is 0 Å². The smallest absolute Gasteiger partial charge is 0.382 e. The van der Waals surface area contributed by atoms with Gasteiger partial charge in [-0.25, -0.2) is 48.8 Å². The number of hydrogen-bond acceptors (Lipinski definition) is 17. The predicted octanol–water partition coefficient (Wildman–Crippen LogP) is 22.8. The van der Waals surface area contributed by atoms with Crippen LogP contribution in [-0.2, 0) is 58.1 Å². The zero-order chi connectivity index (χ0) is 92.7. The molecule has 0 saturated heterocycles. The Hall–Kier alpha value is -8.81. The second-order valence-electron chi connectivity index (χ2n) is 30.6. The number of methoxy groups -OCH3 is 2. The van der Waals surface area contributed by atoms with Crippen LogP contribution in [-0.4, -0.2) is 129 Å². The molecule has 1 atom stereocenters. The lowest BCUT2D eigenvalue weighted by atomic mass is 10.0. The van der Waals surface area contributed by atoms with Crippen molar-refractivity contribution in [2.24, 2.45) is 0 Å². The molecule has 12 aromatic rings. The van der Waals surface area contributed by atoms with Crippen LogP contribution in [0.1, 0.15) is 149 Å². The van der Waals surface area contributed by atoms with E-state index in [4.69, 9.17) is 84.1 Å². The van der Waals surface area contributed by atoms with Crippen LogP contribution in [0.4, 0.5) is 56.6 Å². The Balaban J connectivity index is 0.000000199. The van der Waals surface area contributed by atoms with Gasteiger partial charge in [-0.05, 0) is 155 Å². The minimum atomic E-state index is -4.91. The topological polar surface area (TPSA) is 297 Å². The Morgan fingerprint density at radius 1 is 0.472 bits per heavy atom. The summed E-state index contributed by atoms with van der Waals surface area (Å²) in [6.45, 7) is 25.2. The van der Waals surface area contributed by atoms with Crippen LogP contribution in [0.2, 0.25) is 63.4 Å². The fraction of sp³-hybridized carbons (Fsp3) is 0.317. The number of carbonyl (C=O) groups excluding carboxylic acids is 2. The van der Waals surface area contributed by atoms with Gasteiger partial charge in [0, 0.05) is 79.3 Å². The van der Waals surface area contributed by atoms with Gasteiger partial charge in [0.25, 0.3) is 30.1 Å². The van der Waals surface area contributed by atoms with Crippen molar-refractivity contribution >= 4 is 178 Å². The van der Waals surface area contributed by atoms with Gasteiger partial charge in [-0.15, -0.1) is 0 Å². The Labute approximate surface area is 746 Å². The number of halogens is 15. The summed E-state index contributed by atoms with van der Waals surface area (Å²) in [7, 11) is -16.1. The molecule has 0 aliphatic rings. The average molecular weight is 1950 g/mol. The summed E-state index contributed by atoms with van der Waals surface area (Å²) in [5, 5.41) is 11.6. The van der Waals surface area contributed by atoms with Gasteiger partial charge in [0.1, 0.15) is 47.9 Å². The van der Waals surface area contributed by atoms with Crippen LogP contribution in [0.3, 0.4) is 0 Å². The van der Waals surface area contributed by atoms with E-state index in [-0.39, 0.29) is 65.9 Å². The number of anilines is 3. The van der Waals surface area contributed by atoms with Gasteiger partial charge in [-0.3, -0.25) is 29.3 Å². The molecule has 0 aliphatic heterocycles. The second kappa shape index (κ2) is 38.2. The fourth-order valence-corrected chi connectivity index (χ4v) is 35.1. The molecule has 0 bridgehead atoms. The first kappa shape index (κ1) is 98.4. The minimum absolute atomic E-state index is 0.0130. The van der Waals surface area contributed by atoms with E-state index in [2.05, 4.69) is 126 Å². The van der Waals surface area contributed by atoms with Crippen LogP contribution in [0.25, 0.3) is 33.1 Å². The molecule has 3 N–H and O–H groups in total. The highest BCUT2D eigenvalue weighted by Gasteiger charge is 2.49. The summed E-state index contributed by atoms with van der Waals surface area (Å²) in [6, 6.07) is 20.1. The molecule has 9 aromatic heterocycles. The quantitative estimate of drug-likeness (QED) is 0.0186. The Morgan fingerprint density at radius 2 is 0.856 bits per heavy atom. The second-order valence-corrected chi connectivity index (χ2v) is 49.9. The molecule has 1 unspecified atom stereocenters. The van der Waals surface area contributed by atoms with Gasteiger partial charge >= 0.3 is 18.5 Å². The number of pyridine rings is 6. The first-order chi connectivity index (χ1) is 58.3. The number of benzene rings is 3. The van der Waals surface area contributed by atoms with Gasteiger partial charge in [-0.2, -0.15) is 39.5 Å². The van der Waals surface area contributed by atoms with Gasteiger partial charge < -0.3 is 28.0 Å². The third-order valence-electron chi connectivity index (χ3n) is 21.6. The number of carbonyl (C=O) groups is 2. The van der Waals surface area contributed by atoms with Crippen molar-refractivity contribution in [1.29, 1.82) is 0 Å². The number of ketones is 2. The highest BCUT2D eigenvalue weighted by molar-refractivity contribution is 7.93. The summed E-state index contributed by atoms with van der Waals surface area (Å²) >= 11 is 36.6. The van der Waals surface area contributed by atoms with E-state index in [1.165, 1.54) is 87.8 Å². The number of H-pyrrole nitrogens is 1. The maximum Gasteiger partial charge on any atom is 0.417 e. The number of ether oxygens (including phenoxy) is 2. The summed E-state index contributed by atoms with van der Waals surface area (Å²) in [5.41, 5.74) is -1.26. The van der Waals surface area contributed by atoms with E-state index < -0.39 is 143 Å². The lowest BCUT2D eigenvalue weighted by Crippen LogP contribution is -2.51. The van der Waals surface area contributed by atoms with Crippen molar-refractivity contribution in [2.75, 3.05) is 41.0 Å². The molecule has 0 aliphatic carbocycles. The zero-order valence-electron chi connectivity index (χ0n) is 68.9. The van der Waals surface area contributed by atoms with E-state index in [1.807, 2.05) is 18.5 Å². The van der Waals surface area contributed by atoms with Crippen molar-refractivity contribution in [1.82, 2.24) is 43.4 Å². The number of aliphatic hydroxyl groups is 1. The number of aromatic nitrogens is 9. The van der Waals surface area contributed by atoms with Gasteiger partial charge in [0.05, 0.1) is 95.4 Å². The van der Waals surface area contributed by atoms with Crippen molar-refractivity contribution in [3.05, 3.63) is 246 Å². The van der Waals surface area contributed by atoms with Crippen LogP contribution >= 0.6 is 69.6 Å². The van der Waals surface area contributed by atoms with Gasteiger partial charge in [0.2, 0.25) is 11.6 Å². The number of fused-ring (bicyclic) bond motifs is 3. The molecule has 23 nitrogen and oxygen atoms in total. The molecule has 0 spiro atoms. The number of nitrogens with one attached hydrogen (secondary N) is 2. The third kappa shape index (κ3) is 19.2. The molecule has 43 heteroatoms. The summed E-state index contributed by atoms with van der Waals surface area (Å²) < 4.78 is 221. The molecule has 3 aromatic carbocycles. The minimum Gasteiger partial charge on any atom is -0.382 e. The first-order valence-electron chi connectivity index (χ1n) is 38.0. The van der Waals surface area contributed by atoms with Crippen molar-refractivity contribution in [3.63, 3.8) is 0 Å². The molecule has 9 heterocycles. The normalized spacial score (nSPS) is 13.0. The number of rotatable bonds is 27. The highest BCUT2D eigenvalue weighted by atomic mass is 35.5. The first-order valence-corrected chi connectivity index (χ1v) is 49.0. The molecule has 668 valence electrons. The predicted molar refractivity (Wildman–Crippen MR) is 470 cm³/mol. The van der Waals surface area contributed by atoms with Crippen LogP contribution in [0.15, 0.2) is 180 Å². The van der Waals surface area contributed by atoms with Gasteiger partial charge in [0.15, 0.2) is 16.5 Å². The van der Waals surface area contributed by atoms with E-state index in [9.17, 15) is 79.5 Å². The maximum atomic E-state index is 14.4. The maximum absolute atomic E-state index is 14.4. The molecular weight excluding hydrogens is 1870 g/mol. The number of hydrogen-bond donors (Lipinski definition) is 3. The summed E-state index contributed by atoms with van der Waals surface area (Å²) in [5.74, 6) is -1.41. The number of aromatic amines is 1. The Kier molecular flexibility index (Phi) is 30.1. The monoisotopic (exact) mass is 1940 g/mol. The van der Waals surface area contributed by atoms with Gasteiger partial charge in [-0.1, -0.05) is 153 Å². The van der Waals surface area contributed by atoms with Crippen LogP contribution < -0.4 is 13.3 Å². The summed E-state index contributed by atoms with van der Waals surface area (Å²) in [6.07, 6.45) is -2.70. The molecule has 125 heavy (non-hydrogen) atoms. The number of aliphatic hydroxyl groups excluding tert-OH is 1. The SMILES string of the molecule is COCN(c1cccnc1C(=O)c1c(Cl)cnc2c1ccn2[Si](C(C)C)(C(C)C)C(C)C)S(=O)(=O)c1ccc(Cl)c(C(F)(F)F)c1.COCN(c1cccnc1C(O)c1c(Cl)cnc2c1ccn2[Si](C(C)C)(C(C)C)C(C)C)S(=O)(=O)c1ccc(Cl)c(C(F)(F)F)c1.O=C(c1ncccc1NS(=O)(=O)c1ccc(Cl)c(C(F)(F)F)c1)c1c(Cl)cnc2[nH]ccc12. The molecule has 0 saturated carbocycles. The van der Waals surface area contributed by atoms with Crippen LogP contribution in [0, 0.1) is 0 Å². The van der Waals surface area contributed by atoms with Crippen molar-refractivity contribution < 1.29 is 88.9 Å². The number of sulfonamides is 3. The van der Waals surface area contributed by atoms with E-state index in [0.717, 1.165) is 40.7 Å². The molecular formula is C82H83Cl6F9N12O11S3Si2.